The Morgan fingerprint density at radius 1 is 0.951 bits per heavy atom. The largest absolute Gasteiger partial charge is 0.494 e. The zero-order valence-electron chi connectivity index (χ0n) is 23.6. The summed E-state index contributed by atoms with van der Waals surface area (Å²) in [6.45, 7) is 9.83. The fourth-order valence-corrected chi connectivity index (χ4v) is 7.96. The first-order chi connectivity index (χ1) is 19.4. The molecule has 0 aliphatic carbocycles. The molecule has 0 atom stereocenters. The SMILES string of the molecule is Cc1c(C)c(C)c(S(=O)(=O)c2c([N+](=CCCCOc3ccc4c(c3)CCC(=O)N4)OS)ccc(Cl)c2Cl)c(C)c1C. The van der Waals surface area contributed by atoms with E-state index in [4.69, 9.17) is 32.2 Å². The highest BCUT2D eigenvalue weighted by Gasteiger charge is 2.36. The molecule has 218 valence electrons. The second kappa shape index (κ2) is 12.7. The summed E-state index contributed by atoms with van der Waals surface area (Å²) in [5, 5.41) is 2.88. The number of sulfone groups is 1. The van der Waals surface area contributed by atoms with E-state index < -0.39 is 9.84 Å². The van der Waals surface area contributed by atoms with Crippen molar-refractivity contribution in [2.24, 2.45) is 0 Å². The van der Waals surface area contributed by atoms with E-state index in [0.717, 1.165) is 33.7 Å². The number of halogens is 2. The number of benzene rings is 3. The molecule has 3 aromatic carbocycles. The molecule has 3 aromatic rings. The Morgan fingerprint density at radius 2 is 1.61 bits per heavy atom. The van der Waals surface area contributed by atoms with Gasteiger partial charge in [-0.15, -0.1) is 0 Å². The maximum atomic E-state index is 14.3. The van der Waals surface area contributed by atoms with Gasteiger partial charge in [0.15, 0.2) is 4.90 Å². The van der Waals surface area contributed by atoms with Gasteiger partial charge in [0.1, 0.15) is 18.7 Å². The Hall–Kier alpha value is -2.72. The number of unbranched alkanes of at least 4 members (excludes halogenated alkanes) is 1. The van der Waals surface area contributed by atoms with E-state index in [2.05, 4.69) is 18.2 Å². The van der Waals surface area contributed by atoms with Crippen LogP contribution in [0.1, 0.15) is 52.6 Å². The van der Waals surface area contributed by atoms with Crippen LogP contribution in [0.4, 0.5) is 11.4 Å². The normalized spacial score (nSPS) is 13.6. The number of carbonyl (C=O) groups is 1. The van der Waals surface area contributed by atoms with Gasteiger partial charge < -0.3 is 10.1 Å². The summed E-state index contributed by atoms with van der Waals surface area (Å²) >= 11 is 16.9. The van der Waals surface area contributed by atoms with Crippen LogP contribution in [0.2, 0.25) is 10.0 Å². The van der Waals surface area contributed by atoms with Gasteiger partial charge in [-0.3, -0.25) is 4.79 Å². The van der Waals surface area contributed by atoms with Crippen LogP contribution >= 0.6 is 36.1 Å². The molecule has 1 aliphatic heterocycles. The number of aryl methyl sites for hydroxylation is 1. The van der Waals surface area contributed by atoms with Crippen molar-refractivity contribution in [2.75, 3.05) is 11.9 Å². The molecule has 0 radical (unpaired) electrons. The quantitative estimate of drug-likeness (QED) is 0.0631. The van der Waals surface area contributed by atoms with Crippen LogP contribution in [0.25, 0.3) is 0 Å². The van der Waals surface area contributed by atoms with Gasteiger partial charge >= 0.3 is 0 Å². The first-order valence-corrected chi connectivity index (χ1v) is 15.8. The Morgan fingerprint density at radius 3 is 2.27 bits per heavy atom. The highest BCUT2D eigenvalue weighted by Crippen LogP contribution is 2.42. The van der Waals surface area contributed by atoms with Gasteiger partial charge in [0, 0.05) is 29.3 Å². The molecule has 1 heterocycles. The molecule has 0 spiro atoms. The molecule has 11 heteroatoms. The number of amides is 1. The number of fused-ring (bicyclic) bond motifs is 1. The van der Waals surface area contributed by atoms with E-state index in [1.807, 2.05) is 39.0 Å². The molecule has 0 aromatic heterocycles. The maximum absolute atomic E-state index is 14.3. The maximum Gasteiger partial charge on any atom is 0.279 e. The zero-order chi connectivity index (χ0) is 30.1. The van der Waals surface area contributed by atoms with Crippen molar-refractivity contribution in [3.8, 4) is 5.75 Å². The second-order valence-corrected chi connectivity index (χ2v) is 12.9. The third kappa shape index (κ3) is 6.23. The van der Waals surface area contributed by atoms with E-state index in [-0.39, 0.29) is 31.4 Å². The summed E-state index contributed by atoms with van der Waals surface area (Å²) in [4.78, 5) is 11.6. The zero-order valence-corrected chi connectivity index (χ0v) is 26.8. The van der Waals surface area contributed by atoms with Crippen molar-refractivity contribution in [3.63, 3.8) is 0 Å². The highest BCUT2D eigenvalue weighted by atomic mass is 35.5. The molecule has 41 heavy (non-hydrogen) atoms. The lowest BCUT2D eigenvalue weighted by Crippen LogP contribution is -2.18. The number of nitrogens with one attached hydrogen (secondary N) is 1. The molecule has 0 unspecified atom stereocenters. The van der Waals surface area contributed by atoms with E-state index in [9.17, 15) is 13.2 Å². The molecule has 0 fully saturated rings. The standard InChI is InChI=1S/C30H32Cl2N2O5S2/c1-17-18(2)20(4)29(21(5)19(17)3)41(36,37)30-26(12-10-24(31)28(30)32)34(39-40)14-6-7-15-38-23-9-11-25-22(16-23)8-13-27(35)33-25/h9-12,14,16H,6-8,13,15H2,1-5H3,(H-,33,35,40)/p+1. The Labute approximate surface area is 257 Å². The van der Waals surface area contributed by atoms with Gasteiger partial charge in [-0.1, -0.05) is 23.2 Å². The molecule has 1 aliphatic rings. The number of hydrogen-bond donors (Lipinski definition) is 2. The fraction of sp³-hybridized carbons (Fsp3) is 0.333. The van der Waals surface area contributed by atoms with Gasteiger partial charge in [0.25, 0.3) is 5.69 Å². The van der Waals surface area contributed by atoms with Crippen molar-refractivity contribution in [1.29, 1.82) is 0 Å². The van der Waals surface area contributed by atoms with Crippen LogP contribution < -0.4 is 10.1 Å². The number of thiol groups is 1. The van der Waals surface area contributed by atoms with Gasteiger partial charge in [-0.05, 0) is 105 Å². The topological polar surface area (TPSA) is 84.7 Å². The lowest BCUT2D eigenvalue weighted by molar-refractivity contribution is -0.674. The van der Waals surface area contributed by atoms with Crippen LogP contribution in [0.5, 0.6) is 5.75 Å². The molecule has 1 N–H and O–H groups in total. The van der Waals surface area contributed by atoms with E-state index in [0.29, 0.717) is 43.4 Å². The minimum absolute atomic E-state index is 0.0185. The summed E-state index contributed by atoms with van der Waals surface area (Å²) in [5.74, 6) is 0.736. The number of carbonyl (C=O) groups excluding carboxylic acids is 1. The predicted octanol–water partition coefficient (Wildman–Crippen LogP) is 7.60. The monoisotopic (exact) mass is 635 g/mol. The third-order valence-electron chi connectivity index (χ3n) is 7.71. The average Bonchev–Trinajstić information content (AvgIpc) is 2.94. The summed E-state index contributed by atoms with van der Waals surface area (Å²) in [5.41, 5.74) is 6.25. The Balaban J connectivity index is 1.60. The van der Waals surface area contributed by atoms with Gasteiger partial charge in [0.05, 0.1) is 21.5 Å². The number of hydrogen-bond acceptors (Lipinski definition) is 6. The molecule has 4 rings (SSSR count). The van der Waals surface area contributed by atoms with Crippen molar-refractivity contribution < 1.29 is 27.0 Å². The van der Waals surface area contributed by atoms with Crippen LogP contribution in [0.3, 0.4) is 0 Å². The minimum atomic E-state index is -4.13. The molecule has 1 amide bonds. The van der Waals surface area contributed by atoms with Crippen molar-refractivity contribution >= 4 is 69.4 Å². The highest BCUT2D eigenvalue weighted by molar-refractivity contribution is 7.92. The molecular formula is C30H33Cl2N2O5S2+. The van der Waals surface area contributed by atoms with Crippen LogP contribution in [-0.2, 0) is 25.3 Å². The second-order valence-electron chi connectivity index (χ2n) is 10.1. The molecule has 7 nitrogen and oxygen atoms in total. The lowest BCUT2D eigenvalue weighted by atomic mass is 9.95. The predicted molar refractivity (Wildman–Crippen MR) is 166 cm³/mol. The summed E-state index contributed by atoms with van der Waals surface area (Å²) in [6, 6.07) is 8.68. The Kier molecular flexibility index (Phi) is 9.63. The summed E-state index contributed by atoms with van der Waals surface area (Å²) in [7, 11) is -4.13. The molecule has 0 saturated carbocycles. The van der Waals surface area contributed by atoms with Crippen LogP contribution in [0, 0.1) is 34.6 Å². The van der Waals surface area contributed by atoms with E-state index >= 15 is 0 Å². The van der Waals surface area contributed by atoms with Crippen LogP contribution in [-0.4, -0.2) is 31.9 Å². The number of ether oxygens (including phenoxy) is 1. The van der Waals surface area contributed by atoms with E-state index in [1.165, 1.54) is 10.8 Å². The fourth-order valence-electron chi connectivity index (χ4n) is 5.03. The smallest absolute Gasteiger partial charge is 0.279 e. The number of anilines is 1. The molecule has 0 bridgehead atoms. The first-order valence-electron chi connectivity index (χ1n) is 13.2. The molecular weight excluding hydrogens is 603 g/mol. The first kappa shape index (κ1) is 31.2. The van der Waals surface area contributed by atoms with Gasteiger partial charge in [-0.25, -0.2) is 8.42 Å². The molecule has 0 saturated heterocycles. The van der Waals surface area contributed by atoms with E-state index in [1.54, 1.807) is 26.1 Å². The number of nitrogens with zero attached hydrogens (tertiary/aromatic N) is 1. The van der Waals surface area contributed by atoms with Crippen molar-refractivity contribution in [2.45, 2.75) is 70.1 Å². The van der Waals surface area contributed by atoms with Gasteiger partial charge in [-0.2, -0.15) is 4.28 Å². The van der Waals surface area contributed by atoms with Gasteiger partial charge in [0.2, 0.25) is 22.0 Å². The third-order valence-corrected chi connectivity index (χ3v) is 10.9. The average molecular weight is 637 g/mol. The number of rotatable bonds is 9. The minimum Gasteiger partial charge on any atom is -0.494 e. The van der Waals surface area contributed by atoms with Crippen molar-refractivity contribution in [3.05, 3.63) is 73.8 Å². The summed E-state index contributed by atoms with van der Waals surface area (Å²) in [6.07, 6.45) is 3.92. The Bertz CT molecular complexity index is 1640. The van der Waals surface area contributed by atoms with Crippen LogP contribution in [0.15, 0.2) is 40.1 Å². The summed E-state index contributed by atoms with van der Waals surface area (Å²) < 4.78 is 41.0. The lowest BCUT2D eigenvalue weighted by Gasteiger charge is -2.19. The van der Waals surface area contributed by atoms with Crippen molar-refractivity contribution in [1.82, 2.24) is 0 Å².